The number of rotatable bonds is 7. The van der Waals surface area contributed by atoms with Crippen molar-refractivity contribution in [2.75, 3.05) is 0 Å². The van der Waals surface area contributed by atoms with Crippen LogP contribution in [0.2, 0.25) is 0 Å². The highest BCUT2D eigenvalue weighted by Gasteiger charge is 2.30. The Morgan fingerprint density at radius 3 is 2.44 bits per heavy atom. The van der Waals surface area contributed by atoms with E-state index in [0.717, 1.165) is 27.4 Å². The van der Waals surface area contributed by atoms with Crippen molar-refractivity contribution in [3.05, 3.63) is 46.7 Å². The second-order valence-corrected chi connectivity index (χ2v) is 9.61. The van der Waals surface area contributed by atoms with Crippen LogP contribution in [0, 0.1) is 0 Å². The summed E-state index contributed by atoms with van der Waals surface area (Å²) < 4.78 is 2.35. The lowest BCUT2D eigenvalue weighted by molar-refractivity contribution is 0.599. The zero-order valence-electron chi connectivity index (χ0n) is 16.3. The van der Waals surface area contributed by atoms with E-state index in [4.69, 9.17) is 4.98 Å². The summed E-state index contributed by atoms with van der Waals surface area (Å²) in [7, 11) is 0. The Balaban J connectivity index is 1.46. The first-order chi connectivity index (χ1) is 13.0. The van der Waals surface area contributed by atoms with Crippen LogP contribution in [0.3, 0.4) is 0 Å². The molecule has 1 fully saturated rings. The van der Waals surface area contributed by atoms with E-state index in [-0.39, 0.29) is 0 Å². The minimum Gasteiger partial charge on any atom is -0.303 e. The number of aromatic nitrogens is 4. The highest BCUT2D eigenvalue weighted by atomic mass is 32.2. The molecule has 3 aromatic rings. The maximum atomic E-state index is 4.84. The Morgan fingerprint density at radius 2 is 1.81 bits per heavy atom. The van der Waals surface area contributed by atoms with Crippen LogP contribution in [0.25, 0.3) is 10.6 Å². The van der Waals surface area contributed by atoms with Crippen LogP contribution in [0.4, 0.5) is 0 Å². The van der Waals surface area contributed by atoms with Gasteiger partial charge >= 0.3 is 0 Å². The van der Waals surface area contributed by atoms with Gasteiger partial charge in [0.2, 0.25) is 0 Å². The molecular formula is C21H26N4S2. The largest absolute Gasteiger partial charge is 0.303 e. The van der Waals surface area contributed by atoms with Gasteiger partial charge < -0.3 is 4.57 Å². The minimum absolute atomic E-state index is 0.409. The van der Waals surface area contributed by atoms with E-state index in [0.29, 0.717) is 17.9 Å². The van der Waals surface area contributed by atoms with Gasteiger partial charge in [0.15, 0.2) is 5.16 Å². The lowest BCUT2D eigenvalue weighted by Crippen LogP contribution is -2.04. The molecule has 0 spiro atoms. The number of hydrogen-bond acceptors (Lipinski definition) is 5. The molecule has 4 nitrogen and oxygen atoms in total. The molecule has 1 aliphatic carbocycles. The van der Waals surface area contributed by atoms with Crippen LogP contribution >= 0.6 is 23.1 Å². The van der Waals surface area contributed by atoms with Gasteiger partial charge in [-0.2, -0.15) is 0 Å². The van der Waals surface area contributed by atoms with Crippen molar-refractivity contribution in [2.45, 2.75) is 69.3 Å². The molecule has 0 radical (unpaired) electrons. The molecule has 2 aromatic heterocycles. The molecule has 1 aliphatic rings. The molecule has 0 aliphatic heterocycles. The standard InChI is InChI=1S/C21H26N4S2/c1-13(2)15-5-7-16(8-6-15)20-22-17(11-26-20)12-27-21-24-23-19(14(3)4)25(21)18-9-10-18/h5-8,11,13-14,18H,9-10,12H2,1-4H3. The first-order valence-corrected chi connectivity index (χ1v) is 11.5. The van der Waals surface area contributed by atoms with Gasteiger partial charge in [0.05, 0.1) is 5.69 Å². The van der Waals surface area contributed by atoms with Gasteiger partial charge in [-0.15, -0.1) is 21.5 Å². The second kappa shape index (κ2) is 7.76. The quantitative estimate of drug-likeness (QED) is 0.440. The summed E-state index contributed by atoms with van der Waals surface area (Å²) in [5, 5.41) is 13.2. The Bertz CT molecular complexity index is 905. The van der Waals surface area contributed by atoms with Crippen LogP contribution in [-0.4, -0.2) is 19.7 Å². The van der Waals surface area contributed by atoms with Gasteiger partial charge in [-0.05, 0) is 24.3 Å². The fourth-order valence-electron chi connectivity index (χ4n) is 3.11. The molecule has 0 unspecified atom stereocenters. The van der Waals surface area contributed by atoms with E-state index in [1.54, 1.807) is 23.1 Å². The van der Waals surface area contributed by atoms with Gasteiger partial charge in [0.25, 0.3) is 0 Å². The van der Waals surface area contributed by atoms with Crippen LogP contribution in [0.15, 0.2) is 34.8 Å². The minimum atomic E-state index is 0.409. The van der Waals surface area contributed by atoms with Crippen LogP contribution in [0.5, 0.6) is 0 Å². The Labute approximate surface area is 169 Å². The number of benzene rings is 1. The predicted octanol–water partition coefficient (Wildman–Crippen LogP) is 6.28. The van der Waals surface area contributed by atoms with Crippen molar-refractivity contribution < 1.29 is 0 Å². The topological polar surface area (TPSA) is 43.6 Å². The van der Waals surface area contributed by atoms with Gasteiger partial charge in [0.1, 0.15) is 10.8 Å². The van der Waals surface area contributed by atoms with Crippen molar-refractivity contribution in [3.63, 3.8) is 0 Å². The summed E-state index contributed by atoms with van der Waals surface area (Å²) in [5.74, 6) is 2.92. The first kappa shape index (κ1) is 18.7. The summed E-state index contributed by atoms with van der Waals surface area (Å²) in [6.07, 6.45) is 2.50. The molecule has 1 saturated carbocycles. The number of thioether (sulfide) groups is 1. The van der Waals surface area contributed by atoms with Crippen LogP contribution in [0.1, 0.15) is 75.5 Å². The zero-order valence-corrected chi connectivity index (χ0v) is 18.0. The Hall–Kier alpha value is -1.66. The van der Waals surface area contributed by atoms with Crippen LogP contribution < -0.4 is 0 Å². The average molecular weight is 399 g/mol. The highest BCUT2D eigenvalue weighted by Crippen LogP contribution is 2.40. The molecule has 4 rings (SSSR count). The van der Waals surface area contributed by atoms with E-state index in [9.17, 15) is 0 Å². The molecule has 0 amide bonds. The summed E-state index contributed by atoms with van der Waals surface area (Å²) >= 11 is 3.47. The maximum absolute atomic E-state index is 4.84. The molecule has 0 N–H and O–H groups in total. The van der Waals surface area contributed by atoms with Crippen molar-refractivity contribution in [3.8, 4) is 10.6 Å². The van der Waals surface area contributed by atoms with E-state index in [2.05, 4.69) is 72.1 Å². The van der Waals surface area contributed by atoms with Gasteiger partial charge in [-0.3, -0.25) is 0 Å². The van der Waals surface area contributed by atoms with Gasteiger partial charge in [-0.1, -0.05) is 63.7 Å². The fourth-order valence-corrected chi connectivity index (χ4v) is 4.95. The summed E-state index contributed by atoms with van der Waals surface area (Å²) in [4.78, 5) is 4.84. The normalized spacial score (nSPS) is 14.4. The first-order valence-electron chi connectivity index (χ1n) is 9.65. The number of nitrogens with zero attached hydrogens (tertiary/aromatic N) is 4. The molecule has 2 heterocycles. The van der Waals surface area contributed by atoms with E-state index < -0.39 is 0 Å². The fraction of sp³-hybridized carbons (Fsp3) is 0.476. The predicted molar refractivity (Wildman–Crippen MR) is 114 cm³/mol. The molecule has 27 heavy (non-hydrogen) atoms. The SMILES string of the molecule is CC(C)c1ccc(-c2nc(CSc3nnc(C(C)C)n3C3CC3)cs2)cc1. The molecule has 0 bridgehead atoms. The number of hydrogen-bond donors (Lipinski definition) is 0. The van der Waals surface area contributed by atoms with Crippen molar-refractivity contribution in [2.24, 2.45) is 0 Å². The smallest absolute Gasteiger partial charge is 0.191 e. The van der Waals surface area contributed by atoms with Gasteiger partial charge in [-0.25, -0.2) is 4.98 Å². The summed E-state index contributed by atoms with van der Waals surface area (Å²) in [6, 6.07) is 9.39. The van der Waals surface area contributed by atoms with Crippen molar-refractivity contribution >= 4 is 23.1 Å². The van der Waals surface area contributed by atoms with Crippen molar-refractivity contribution in [1.82, 2.24) is 19.7 Å². The zero-order chi connectivity index (χ0) is 19.0. The third-order valence-electron chi connectivity index (χ3n) is 4.84. The molecule has 0 saturated heterocycles. The monoisotopic (exact) mass is 398 g/mol. The molecular weight excluding hydrogens is 372 g/mol. The lowest BCUT2D eigenvalue weighted by Gasteiger charge is -2.10. The average Bonchev–Trinajstić information content (AvgIpc) is 3.22. The van der Waals surface area contributed by atoms with E-state index in [1.165, 1.54) is 24.0 Å². The lowest BCUT2D eigenvalue weighted by atomic mass is 10.0. The Morgan fingerprint density at radius 1 is 1.07 bits per heavy atom. The third kappa shape index (κ3) is 4.11. The molecule has 0 atom stereocenters. The van der Waals surface area contributed by atoms with E-state index >= 15 is 0 Å². The highest BCUT2D eigenvalue weighted by molar-refractivity contribution is 7.98. The third-order valence-corrected chi connectivity index (χ3v) is 6.76. The van der Waals surface area contributed by atoms with Crippen molar-refractivity contribution in [1.29, 1.82) is 0 Å². The number of thiazole rings is 1. The van der Waals surface area contributed by atoms with Gasteiger partial charge in [0, 0.05) is 28.7 Å². The van der Waals surface area contributed by atoms with E-state index in [1.807, 2.05) is 0 Å². The second-order valence-electron chi connectivity index (χ2n) is 7.81. The summed E-state index contributed by atoms with van der Waals surface area (Å²) in [6.45, 7) is 8.82. The summed E-state index contributed by atoms with van der Waals surface area (Å²) in [5.41, 5.74) is 3.68. The maximum Gasteiger partial charge on any atom is 0.191 e. The molecule has 142 valence electrons. The molecule has 6 heteroatoms. The molecule has 1 aromatic carbocycles. The van der Waals surface area contributed by atoms with Crippen LogP contribution in [-0.2, 0) is 5.75 Å². The Kier molecular flexibility index (Phi) is 5.37.